The molecule has 4 nitrogen and oxygen atoms in total. The van der Waals surface area contributed by atoms with Crippen LogP contribution >= 0.6 is 0 Å². The molecule has 0 spiro atoms. The van der Waals surface area contributed by atoms with Crippen LogP contribution in [0.3, 0.4) is 0 Å². The van der Waals surface area contributed by atoms with E-state index in [1.54, 1.807) is 0 Å². The highest BCUT2D eigenvalue weighted by Gasteiger charge is 2.31. The van der Waals surface area contributed by atoms with Gasteiger partial charge in [0.1, 0.15) is 0 Å². The highest BCUT2D eigenvalue weighted by molar-refractivity contribution is 5.84. The van der Waals surface area contributed by atoms with Crippen LogP contribution in [0, 0.1) is 0 Å². The van der Waals surface area contributed by atoms with Crippen LogP contribution in [-0.2, 0) is 4.79 Å². The summed E-state index contributed by atoms with van der Waals surface area (Å²) in [4.78, 5) is 14.1. The van der Waals surface area contributed by atoms with Gasteiger partial charge >= 0.3 is 0 Å². The van der Waals surface area contributed by atoms with Crippen LogP contribution in [0.5, 0.6) is 0 Å². The first-order valence-corrected chi connectivity index (χ1v) is 7.87. The minimum absolute atomic E-state index is 0.261. The first-order valence-electron chi connectivity index (χ1n) is 7.87. The summed E-state index contributed by atoms with van der Waals surface area (Å²) in [7, 11) is 0. The van der Waals surface area contributed by atoms with Gasteiger partial charge in [0.15, 0.2) is 0 Å². The normalized spacial score (nSPS) is 22.1. The molecule has 4 heteroatoms. The highest BCUT2D eigenvalue weighted by Crippen LogP contribution is 2.27. The third-order valence-corrected chi connectivity index (χ3v) is 4.58. The number of carbonyl (C=O) groups excluding carboxylic acids is 1. The van der Waals surface area contributed by atoms with E-state index in [0.29, 0.717) is 5.92 Å². The van der Waals surface area contributed by atoms with Crippen LogP contribution in [0.4, 0.5) is 0 Å². The molecule has 2 atom stereocenters. The minimum Gasteiger partial charge on any atom is -0.368 e. The zero-order chi connectivity index (χ0) is 15.3. The molecular weight excluding hydrogens is 262 g/mol. The molecule has 1 heterocycles. The lowest BCUT2D eigenvalue weighted by atomic mass is 9.96. The van der Waals surface area contributed by atoms with E-state index in [0.717, 1.165) is 32.6 Å². The molecule has 3 N–H and O–H groups in total. The van der Waals surface area contributed by atoms with Crippen molar-refractivity contribution in [2.24, 2.45) is 5.73 Å². The Morgan fingerprint density at radius 2 is 2.14 bits per heavy atom. The van der Waals surface area contributed by atoms with Gasteiger partial charge in [0.25, 0.3) is 0 Å². The van der Waals surface area contributed by atoms with Crippen LogP contribution in [-0.4, -0.2) is 42.5 Å². The van der Waals surface area contributed by atoms with Crippen molar-refractivity contribution in [3.8, 4) is 0 Å². The van der Waals surface area contributed by atoms with Crippen LogP contribution in [0.25, 0.3) is 0 Å². The van der Waals surface area contributed by atoms with Crippen LogP contribution < -0.4 is 11.1 Å². The zero-order valence-electron chi connectivity index (χ0n) is 13.1. The van der Waals surface area contributed by atoms with Crippen molar-refractivity contribution >= 4 is 5.91 Å². The minimum atomic E-state index is -0.598. The molecule has 1 amide bonds. The largest absolute Gasteiger partial charge is 0.368 e. The van der Waals surface area contributed by atoms with Gasteiger partial charge in [-0.3, -0.25) is 4.79 Å². The van der Waals surface area contributed by atoms with E-state index in [9.17, 15) is 4.79 Å². The second kappa shape index (κ2) is 7.05. The van der Waals surface area contributed by atoms with Crippen LogP contribution in [0.15, 0.2) is 30.3 Å². The molecule has 116 valence electrons. The Bertz CT molecular complexity index is 462. The van der Waals surface area contributed by atoms with Gasteiger partial charge in [0.2, 0.25) is 5.91 Å². The molecule has 0 aliphatic carbocycles. The Hall–Kier alpha value is -1.39. The first kappa shape index (κ1) is 16.0. The monoisotopic (exact) mass is 289 g/mol. The summed E-state index contributed by atoms with van der Waals surface area (Å²) in [6.45, 7) is 7.75. The number of carbonyl (C=O) groups is 1. The first-order chi connectivity index (χ1) is 10.0. The lowest BCUT2D eigenvalue weighted by Gasteiger charge is -2.29. The quantitative estimate of drug-likeness (QED) is 0.803. The number of primary amides is 1. The topological polar surface area (TPSA) is 58.4 Å². The maximum Gasteiger partial charge on any atom is 0.237 e. The van der Waals surface area contributed by atoms with Gasteiger partial charge in [-0.1, -0.05) is 37.3 Å². The van der Waals surface area contributed by atoms with E-state index in [1.165, 1.54) is 12.0 Å². The Morgan fingerprint density at radius 1 is 1.43 bits per heavy atom. The Labute approximate surface area is 127 Å². The SMILES string of the molecule is CCNC(C)(CCN1CCC(c2ccccc2)C1)C(N)=O. The summed E-state index contributed by atoms with van der Waals surface area (Å²) < 4.78 is 0. The number of amides is 1. The second-order valence-corrected chi connectivity index (χ2v) is 6.17. The summed E-state index contributed by atoms with van der Waals surface area (Å²) in [6.07, 6.45) is 1.95. The average Bonchev–Trinajstić information content (AvgIpc) is 2.95. The molecule has 0 saturated carbocycles. The lowest BCUT2D eigenvalue weighted by molar-refractivity contribution is -0.124. The molecule has 21 heavy (non-hydrogen) atoms. The van der Waals surface area contributed by atoms with Gasteiger partial charge in [-0.15, -0.1) is 0 Å². The number of likely N-dealkylation sites (N-methyl/N-ethyl adjacent to an activating group) is 1. The van der Waals surface area contributed by atoms with Crippen molar-refractivity contribution in [2.45, 2.75) is 38.1 Å². The summed E-state index contributed by atoms with van der Waals surface area (Å²) in [5.41, 5.74) is 6.36. The predicted octanol–water partition coefficient (Wildman–Crippen LogP) is 1.72. The molecule has 1 fully saturated rings. The molecule has 1 aromatic carbocycles. The third-order valence-electron chi connectivity index (χ3n) is 4.58. The van der Waals surface area contributed by atoms with Gasteiger partial charge in [-0.2, -0.15) is 0 Å². The average molecular weight is 289 g/mol. The standard InChI is InChI=1S/C17H27N3O/c1-3-19-17(2,16(18)21)10-12-20-11-9-15(13-20)14-7-5-4-6-8-14/h4-8,15,19H,3,9-13H2,1-2H3,(H2,18,21). The number of nitrogens with one attached hydrogen (secondary N) is 1. The fourth-order valence-electron chi connectivity index (χ4n) is 3.10. The number of nitrogens with zero attached hydrogens (tertiary/aromatic N) is 1. The van der Waals surface area contributed by atoms with Crippen LogP contribution in [0.2, 0.25) is 0 Å². The van der Waals surface area contributed by atoms with E-state index >= 15 is 0 Å². The van der Waals surface area contributed by atoms with Gasteiger partial charge in [-0.25, -0.2) is 0 Å². The fourth-order valence-corrected chi connectivity index (χ4v) is 3.10. The summed E-state index contributed by atoms with van der Waals surface area (Å²) in [5.74, 6) is 0.355. The number of nitrogens with two attached hydrogens (primary N) is 1. The van der Waals surface area contributed by atoms with Crippen molar-refractivity contribution in [3.05, 3.63) is 35.9 Å². The summed E-state index contributed by atoms with van der Waals surface area (Å²) in [5, 5.41) is 3.22. The summed E-state index contributed by atoms with van der Waals surface area (Å²) in [6, 6.07) is 10.7. The van der Waals surface area contributed by atoms with Crippen molar-refractivity contribution in [1.82, 2.24) is 10.2 Å². The number of likely N-dealkylation sites (tertiary alicyclic amines) is 1. The smallest absolute Gasteiger partial charge is 0.237 e. The third kappa shape index (κ3) is 4.05. The van der Waals surface area contributed by atoms with Gasteiger partial charge < -0.3 is 16.0 Å². The van der Waals surface area contributed by atoms with Crippen LogP contribution in [0.1, 0.15) is 38.2 Å². The van der Waals surface area contributed by atoms with E-state index < -0.39 is 5.54 Å². The van der Waals surface area contributed by atoms with Crippen molar-refractivity contribution in [3.63, 3.8) is 0 Å². The van der Waals surface area contributed by atoms with Gasteiger partial charge in [-0.05, 0) is 44.3 Å². The van der Waals surface area contributed by atoms with Crippen molar-refractivity contribution in [1.29, 1.82) is 0 Å². The number of benzene rings is 1. The van der Waals surface area contributed by atoms with Gasteiger partial charge in [0.05, 0.1) is 5.54 Å². The lowest BCUT2D eigenvalue weighted by Crippen LogP contribution is -2.54. The highest BCUT2D eigenvalue weighted by atomic mass is 16.1. The molecule has 2 rings (SSSR count). The molecule has 1 aliphatic heterocycles. The number of hydrogen-bond acceptors (Lipinski definition) is 3. The van der Waals surface area contributed by atoms with E-state index in [4.69, 9.17) is 5.73 Å². The molecule has 0 bridgehead atoms. The molecule has 1 aliphatic rings. The van der Waals surface area contributed by atoms with Gasteiger partial charge in [0, 0.05) is 13.1 Å². The Kier molecular flexibility index (Phi) is 5.37. The molecule has 0 aromatic heterocycles. The van der Waals surface area contributed by atoms with E-state index in [2.05, 4.69) is 40.5 Å². The molecule has 2 unspecified atom stereocenters. The molecule has 0 radical (unpaired) electrons. The molecule has 1 aromatic rings. The number of rotatable bonds is 7. The maximum absolute atomic E-state index is 11.6. The zero-order valence-corrected chi connectivity index (χ0v) is 13.1. The molecule has 1 saturated heterocycles. The van der Waals surface area contributed by atoms with Crippen molar-refractivity contribution < 1.29 is 4.79 Å². The number of hydrogen-bond donors (Lipinski definition) is 2. The Morgan fingerprint density at radius 3 is 2.76 bits per heavy atom. The van der Waals surface area contributed by atoms with Crippen molar-refractivity contribution in [2.75, 3.05) is 26.2 Å². The Balaban J connectivity index is 1.87. The summed E-state index contributed by atoms with van der Waals surface area (Å²) >= 11 is 0. The maximum atomic E-state index is 11.6. The predicted molar refractivity (Wildman–Crippen MR) is 86.1 cm³/mol. The van der Waals surface area contributed by atoms with E-state index in [1.807, 2.05) is 13.8 Å². The second-order valence-electron chi connectivity index (χ2n) is 6.17. The fraction of sp³-hybridized carbons (Fsp3) is 0.588. The molecular formula is C17H27N3O. The van der Waals surface area contributed by atoms with E-state index in [-0.39, 0.29) is 5.91 Å².